The minimum absolute atomic E-state index is 0.0271. The fourth-order valence-corrected chi connectivity index (χ4v) is 5.13. The van der Waals surface area contributed by atoms with Gasteiger partial charge in [-0.05, 0) is 48.7 Å². The molecule has 6 nitrogen and oxygen atoms in total. The highest BCUT2D eigenvalue weighted by Gasteiger charge is 2.29. The zero-order valence-electron chi connectivity index (χ0n) is 16.9. The first kappa shape index (κ1) is 21.3. The van der Waals surface area contributed by atoms with Gasteiger partial charge in [0, 0.05) is 25.2 Å². The van der Waals surface area contributed by atoms with Crippen molar-refractivity contribution in [1.29, 1.82) is 0 Å². The van der Waals surface area contributed by atoms with E-state index in [4.69, 9.17) is 4.74 Å². The Balaban J connectivity index is 1.71. The molecular weight excluding hydrogens is 388 g/mol. The molecule has 0 aromatic heterocycles. The van der Waals surface area contributed by atoms with E-state index in [1.54, 1.807) is 32.4 Å². The number of sulfonamides is 1. The van der Waals surface area contributed by atoms with Crippen molar-refractivity contribution in [2.24, 2.45) is 0 Å². The summed E-state index contributed by atoms with van der Waals surface area (Å²) in [4.78, 5) is 12.7. The van der Waals surface area contributed by atoms with Crippen LogP contribution in [0.15, 0.2) is 53.4 Å². The summed E-state index contributed by atoms with van der Waals surface area (Å²) in [5.74, 6) is 0.403. The maximum absolute atomic E-state index is 13.0. The second-order valence-corrected chi connectivity index (χ2v) is 9.37. The smallest absolute Gasteiger partial charge is 0.251 e. The predicted molar refractivity (Wildman–Crippen MR) is 112 cm³/mol. The number of hydrogen-bond acceptors (Lipinski definition) is 4. The summed E-state index contributed by atoms with van der Waals surface area (Å²) < 4.78 is 32.7. The molecular formula is C22H28N2O4S. The van der Waals surface area contributed by atoms with Crippen LogP contribution < -0.4 is 10.1 Å². The van der Waals surface area contributed by atoms with Crippen LogP contribution in [0.1, 0.15) is 48.0 Å². The monoisotopic (exact) mass is 416 g/mol. The van der Waals surface area contributed by atoms with E-state index in [1.165, 1.54) is 10.4 Å². The van der Waals surface area contributed by atoms with Crippen LogP contribution in [0.25, 0.3) is 0 Å². The molecule has 0 atom stereocenters. The molecule has 1 aliphatic carbocycles. The molecule has 156 valence electrons. The number of nitrogens with zero attached hydrogens (tertiary/aromatic N) is 1. The fraction of sp³-hybridized carbons (Fsp3) is 0.409. The van der Waals surface area contributed by atoms with Gasteiger partial charge in [0.1, 0.15) is 5.75 Å². The van der Waals surface area contributed by atoms with Crippen molar-refractivity contribution in [3.05, 3.63) is 59.7 Å². The number of carbonyl (C=O) groups is 1. The second kappa shape index (κ2) is 9.41. The zero-order valence-corrected chi connectivity index (χ0v) is 17.7. The number of amides is 1. The van der Waals surface area contributed by atoms with Gasteiger partial charge in [0.15, 0.2) is 0 Å². The molecule has 29 heavy (non-hydrogen) atoms. The Morgan fingerprint density at radius 1 is 1.10 bits per heavy atom. The molecule has 1 fully saturated rings. The summed E-state index contributed by atoms with van der Waals surface area (Å²) >= 11 is 0. The van der Waals surface area contributed by atoms with E-state index in [1.807, 2.05) is 24.3 Å². The maximum Gasteiger partial charge on any atom is 0.251 e. The van der Waals surface area contributed by atoms with Gasteiger partial charge in [-0.15, -0.1) is 0 Å². The summed E-state index contributed by atoms with van der Waals surface area (Å²) in [7, 11) is -0.403. The predicted octanol–water partition coefficient (Wildman–Crippen LogP) is 3.58. The van der Waals surface area contributed by atoms with Crippen LogP contribution in [0.4, 0.5) is 0 Å². The van der Waals surface area contributed by atoms with Gasteiger partial charge in [-0.1, -0.05) is 37.5 Å². The SMILES string of the molecule is COc1cccc(CNC(=O)c2cccc(S(=O)(=O)N(C)C3CCCCC3)c2)c1. The Kier molecular flexibility index (Phi) is 6.92. The second-order valence-electron chi connectivity index (χ2n) is 7.38. The molecule has 0 aliphatic heterocycles. The lowest BCUT2D eigenvalue weighted by Crippen LogP contribution is -2.38. The molecule has 3 rings (SSSR count). The Hall–Kier alpha value is -2.38. The average molecular weight is 417 g/mol. The summed E-state index contributed by atoms with van der Waals surface area (Å²) in [6.07, 6.45) is 5.04. The molecule has 0 bridgehead atoms. The largest absolute Gasteiger partial charge is 0.497 e. The Labute approximate surface area is 172 Å². The van der Waals surface area contributed by atoms with Gasteiger partial charge in [-0.3, -0.25) is 4.79 Å². The number of ether oxygens (including phenoxy) is 1. The van der Waals surface area contributed by atoms with Crippen LogP contribution in [0.5, 0.6) is 5.75 Å². The van der Waals surface area contributed by atoms with Gasteiger partial charge in [0.05, 0.1) is 12.0 Å². The number of methoxy groups -OCH3 is 1. The summed E-state index contributed by atoms with van der Waals surface area (Å²) in [6.45, 7) is 0.328. The summed E-state index contributed by atoms with van der Waals surface area (Å²) in [6, 6.07) is 13.7. The van der Waals surface area contributed by atoms with E-state index < -0.39 is 10.0 Å². The Morgan fingerprint density at radius 3 is 2.55 bits per heavy atom. The highest BCUT2D eigenvalue weighted by atomic mass is 32.2. The quantitative estimate of drug-likeness (QED) is 0.749. The van der Waals surface area contributed by atoms with Crippen LogP contribution >= 0.6 is 0 Å². The van der Waals surface area contributed by atoms with E-state index in [-0.39, 0.29) is 16.8 Å². The van der Waals surface area contributed by atoms with E-state index >= 15 is 0 Å². The third kappa shape index (κ3) is 5.16. The lowest BCUT2D eigenvalue weighted by atomic mass is 9.96. The van der Waals surface area contributed by atoms with E-state index in [0.717, 1.165) is 43.4 Å². The van der Waals surface area contributed by atoms with Crippen LogP contribution in [-0.2, 0) is 16.6 Å². The first-order valence-corrected chi connectivity index (χ1v) is 11.3. The van der Waals surface area contributed by atoms with Gasteiger partial charge in [0.2, 0.25) is 10.0 Å². The topological polar surface area (TPSA) is 75.7 Å². The van der Waals surface area contributed by atoms with Gasteiger partial charge < -0.3 is 10.1 Å². The number of nitrogens with one attached hydrogen (secondary N) is 1. The first-order chi connectivity index (χ1) is 13.9. The summed E-state index contributed by atoms with van der Waals surface area (Å²) in [5.41, 5.74) is 1.23. The molecule has 0 unspecified atom stereocenters. The lowest BCUT2D eigenvalue weighted by molar-refractivity contribution is 0.0950. The van der Waals surface area contributed by atoms with Gasteiger partial charge >= 0.3 is 0 Å². The lowest BCUT2D eigenvalue weighted by Gasteiger charge is -2.30. The third-order valence-electron chi connectivity index (χ3n) is 5.45. The van der Waals surface area contributed by atoms with Crippen LogP contribution in [0.2, 0.25) is 0 Å². The summed E-state index contributed by atoms with van der Waals surface area (Å²) in [5, 5.41) is 2.83. The van der Waals surface area contributed by atoms with E-state index in [9.17, 15) is 13.2 Å². The van der Waals surface area contributed by atoms with Crippen molar-refractivity contribution in [2.75, 3.05) is 14.2 Å². The van der Waals surface area contributed by atoms with E-state index in [0.29, 0.717) is 12.1 Å². The molecule has 1 N–H and O–H groups in total. The molecule has 2 aromatic rings. The number of hydrogen-bond donors (Lipinski definition) is 1. The van der Waals surface area contributed by atoms with Crippen LogP contribution in [0, 0.1) is 0 Å². The molecule has 0 saturated heterocycles. The van der Waals surface area contributed by atoms with Gasteiger partial charge in [0.25, 0.3) is 5.91 Å². The standard InChI is InChI=1S/C22H28N2O4S/c1-24(19-10-4-3-5-11-19)29(26,27)21-13-7-9-18(15-21)22(25)23-16-17-8-6-12-20(14-17)28-2/h6-9,12-15,19H,3-5,10-11,16H2,1-2H3,(H,23,25). The van der Waals surface area contributed by atoms with Crippen molar-refractivity contribution in [2.45, 2.75) is 49.6 Å². The number of carbonyl (C=O) groups excluding carboxylic acids is 1. The first-order valence-electron chi connectivity index (χ1n) is 9.91. The van der Waals surface area contributed by atoms with Crippen LogP contribution in [-0.4, -0.2) is 38.8 Å². The highest BCUT2D eigenvalue weighted by Crippen LogP contribution is 2.26. The molecule has 1 aliphatic rings. The molecule has 7 heteroatoms. The van der Waals surface area contributed by atoms with E-state index in [2.05, 4.69) is 5.32 Å². The zero-order chi connectivity index (χ0) is 20.9. The van der Waals surface area contributed by atoms with Gasteiger partial charge in [-0.25, -0.2) is 8.42 Å². The van der Waals surface area contributed by atoms with Gasteiger partial charge in [-0.2, -0.15) is 4.31 Å². The Bertz CT molecular complexity index is 953. The molecule has 1 saturated carbocycles. The fourth-order valence-electron chi connectivity index (χ4n) is 3.67. The van der Waals surface area contributed by atoms with Crippen LogP contribution in [0.3, 0.4) is 0 Å². The molecule has 1 amide bonds. The maximum atomic E-state index is 13.0. The van der Waals surface area contributed by atoms with Crippen molar-refractivity contribution in [3.8, 4) is 5.75 Å². The average Bonchev–Trinajstić information content (AvgIpc) is 2.77. The van der Waals surface area contributed by atoms with Crippen molar-refractivity contribution < 1.29 is 17.9 Å². The Morgan fingerprint density at radius 2 is 1.83 bits per heavy atom. The molecule has 0 spiro atoms. The van der Waals surface area contributed by atoms with Crippen molar-refractivity contribution in [3.63, 3.8) is 0 Å². The minimum Gasteiger partial charge on any atom is -0.497 e. The minimum atomic E-state index is -3.63. The number of rotatable bonds is 7. The third-order valence-corrected chi connectivity index (χ3v) is 7.36. The number of benzene rings is 2. The normalized spacial score (nSPS) is 15.3. The molecule has 2 aromatic carbocycles. The van der Waals surface area contributed by atoms with Crippen molar-refractivity contribution >= 4 is 15.9 Å². The molecule has 0 radical (unpaired) electrons. The highest BCUT2D eigenvalue weighted by molar-refractivity contribution is 7.89. The van der Waals surface area contributed by atoms with Crippen molar-refractivity contribution in [1.82, 2.24) is 9.62 Å². The molecule has 0 heterocycles.